The lowest BCUT2D eigenvalue weighted by molar-refractivity contribution is -0.130. The normalized spacial score (nSPS) is 15.0. The average Bonchev–Trinajstić information content (AvgIpc) is 2.63. The van der Waals surface area contributed by atoms with Gasteiger partial charge in [-0.15, -0.1) is 0 Å². The molecule has 138 valence electrons. The molecule has 1 aliphatic rings. The fourth-order valence-electron chi connectivity index (χ4n) is 2.54. The number of rotatable bonds is 6. The van der Waals surface area contributed by atoms with Crippen LogP contribution in [0.15, 0.2) is 59.5 Å². The Bertz CT molecular complexity index is 752. The summed E-state index contributed by atoms with van der Waals surface area (Å²) in [5.41, 5.74) is 3.48. The Hall–Kier alpha value is -2.53. The smallest absolute Gasteiger partial charge is 0.241 e. The van der Waals surface area contributed by atoms with Gasteiger partial charge < -0.3 is 14.7 Å². The minimum atomic E-state index is 0.0801. The van der Waals surface area contributed by atoms with Gasteiger partial charge >= 0.3 is 0 Å². The van der Waals surface area contributed by atoms with Crippen molar-refractivity contribution in [3.05, 3.63) is 65.1 Å². The van der Waals surface area contributed by atoms with Gasteiger partial charge in [0.2, 0.25) is 5.91 Å². The summed E-state index contributed by atoms with van der Waals surface area (Å²) >= 11 is 5.96. The highest BCUT2D eigenvalue weighted by molar-refractivity contribution is 6.30. The van der Waals surface area contributed by atoms with E-state index in [-0.39, 0.29) is 5.91 Å². The van der Waals surface area contributed by atoms with E-state index in [4.69, 9.17) is 11.6 Å². The summed E-state index contributed by atoms with van der Waals surface area (Å²) in [6, 6.07) is 7.43. The Balaban J connectivity index is 2.22. The van der Waals surface area contributed by atoms with Gasteiger partial charge in [-0.3, -0.25) is 9.79 Å². The van der Waals surface area contributed by atoms with Crippen LogP contribution in [0.2, 0.25) is 5.02 Å². The maximum Gasteiger partial charge on any atom is 0.241 e. The molecule has 0 aliphatic carbocycles. The molecule has 0 fully saturated rings. The maximum atomic E-state index is 12.3. The first-order valence-electron chi connectivity index (χ1n) is 8.43. The molecule has 2 rings (SSSR count). The molecule has 1 heterocycles. The molecule has 1 amide bonds. The molecular weight excluding hydrogens is 348 g/mol. The second-order valence-corrected chi connectivity index (χ2v) is 6.61. The van der Waals surface area contributed by atoms with Crippen LogP contribution in [-0.2, 0) is 4.79 Å². The molecule has 26 heavy (non-hydrogen) atoms. The van der Waals surface area contributed by atoms with Crippen molar-refractivity contribution in [3.8, 4) is 0 Å². The lowest BCUT2D eigenvalue weighted by Crippen LogP contribution is -2.43. The van der Waals surface area contributed by atoms with E-state index in [1.165, 1.54) is 0 Å². The molecule has 1 aromatic rings. The number of aliphatic imine (C=N–C) groups is 1. The maximum absolute atomic E-state index is 12.3. The van der Waals surface area contributed by atoms with Gasteiger partial charge in [-0.25, -0.2) is 0 Å². The van der Waals surface area contributed by atoms with Crippen LogP contribution in [0.4, 0.5) is 0 Å². The van der Waals surface area contributed by atoms with E-state index in [1.807, 2.05) is 67.2 Å². The number of nitrogens with zero attached hydrogens (tertiary/aromatic N) is 4. The molecular formula is C20H25ClN4O. The van der Waals surface area contributed by atoms with E-state index in [0.717, 1.165) is 17.0 Å². The van der Waals surface area contributed by atoms with Crippen molar-refractivity contribution in [1.82, 2.24) is 14.7 Å². The third kappa shape index (κ3) is 4.76. The predicted octanol–water partition coefficient (Wildman–Crippen LogP) is 3.81. The molecule has 0 bridgehead atoms. The predicted molar refractivity (Wildman–Crippen MR) is 109 cm³/mol. The Labute approximate surface area is 160 Å². The Morgan fingerprint density at radius 2 is 2.04 bits per heavy atom. The van der Waals surface area contributed by atoms with Crippen molar-refractivity contribution in [2.24, 2.45) is 4.99 Å². The van der Waals surface area contributed by atoms with E-state index >= 15 is 0 Å². The summed E-state index contributed by atoms with van der Waals surface area (Å²) in [5, 5.41) is 0.669. The summed E-state index contributed by atoms with van der Waals surface area (Å²) in [6.45, 7) is 13.3. The topological polar surface area (TPSA) is 39.1 Å². The van der Waals surface area contributed by atoms with Crippen molar-refractivity contribution >= 4 is 29.9 Å². The highest BCUT2D eigenvalue weighted by Crippen LogP contribution is 2.24. The fraction of sp³-hybridized carbons (Fsp3) is 0.300. The monoisotopic (exact) mass is 372 g/mol. The highest BCUT2D eigenvalue weighted by Gasteiger charge is 2.21. The summed E-state index contributed by atoms with van der Waals surface area (Å²) in [5.74, 6) is 0.0801. The molecule has 0 aromatic heterocycles. The van der Waals surface area contributed by atoms with Crippen molar-refractivity contribution < 1.29 is 4.79 Å². The number of halogens is 1. The molecule has 1 aromatic carbocycles. The zero-order chi connectivity index (χ0) is 19.3. The van der Waals surface area contributed by atoms with Gasteiger partial charge in [-0.1, -0.05) is 30.3 Å². The van der Waals surface area contributed by atoms with Crippen molar-refractivity contribution in [2.75, 3.05) is 26.8 Å². The highest BCUT2D eigenvalue weighted by atomic mass is 35.5. The van der Waals surface area contributed by atoms with Gasteiger partial charge in [0.05, 0.1) is 18.9 Å². The first kappa shape index (κ1) is 19.8. The zero-order valence-corrected chi connectivity index (χ0v) is 16.3. The van der Waals surface area contributed by atoms with Gasteiger partial charge in [0.15, 0.2) is 0 Å². The lowest BCUT2D eigenvalue weighted by atomic mass is 10.1. The largest absolute Gasteiger partial charge is 0.348 e. The van der Waals surface area contributed by atoms with Crippen LogP contribution in [0, 0.1) is 0 Å². The van der Waals surface area contributed by atoms with E-state index in [2.05, 4.69) is 18.3 Å². The number of allylic oxidation sites excluding steroid dienone is 2. The number of hydrogen-bond acceptors (Lipinski definition) is 4. The summed E-state index contributed by atoms with van der Waals surface area (Å²) < 4.78 is 0. The van der Waals surface area contributed by atoms with E-state index in [1.54, 1.807) is 4.90 Å². The van der Waals surface area contributed by atoms with Crippen LogP contribution in [0.3, 0.4) is 0 Å². The molecule has 0 saturated carbocycles. The molecule has 0 spiro atoms. The minimum Gasteiger partial charge on any atom is -0.348 e. The van der Waals surface area contributed by atoms with Crippen molar-refractivity contribution in [3.63, 3.8) is 0 Å². The number of carbonyl (C=O) groups is 1. The number of likely N-dealkylation sites (N-methyl/N-ethyl adjacent to an activating group) is 1. The van der Waals surface area contributed by atoms with Crippen LogP contribution in [-0.4, -0.2) is 54.1 Å². The minimum absolute atomic E-state index is 0.0801. The SMILES string of the molecule is C=N/C(=C\N1CN(CC(=O)N(C)CC)C(C)=CC1=C)c1ccc(Cl)cc1. The van der Waals surface area contributed by atoms with Gasteiger partial charge in [-0.05, 0) is 38.8 Å². The standard InChI is InChI=1S/C20H25ClN4O/c1-6-23(5)20(26)13-25-14-24(15(2)11-16(25)3)12-19(22-4)17-7-9-18(21)10-8-17/h7-12H,2,4,6,13-14H2,1,3,5H3/b19-12-. The second-order valence-electron chi connectivity index (χ2n) is 6.17. The van der Waals surface area contributed by atoms with E-state index in [9.17, 15) is 4.79 Å². The van der Waals surface area contributed by atoms with Crippen LogP contribution in [0.1, 0.15) is 19.4 Å². The zero-order valence-electron chi connectivity index (χ0n) is 15.6. The quantitative estimate of drug-likeness (QED) is 0.713. The number of benzene rings is 1. The molecule has 0 atom stereocenters. The third-order valence-electron chi connectivity index (χ3n) is 4.38. The van der Waals surface area contributed by atoms with Crippen molar-refractivity contribution in [1.29, 1.82) is 0 Å². The van der Waals surface area contributed by atoms with E-state index in [0.29, 0.717) is 30.5 Å². The fourth-order valence-corrected chi connectivity index (χ4v) is 2.66. The Morgan fingerprint density at radius 3 is 2.62 bits per heavy atom. The van der Waals surface area contributed by atoms with Crippen molar-refractivity contribution in [2.45, 2.75) is 13.8 Å². The first-order valence-corrected chi connectivity index (χ1v) is 8.80. The summed E-state index contributed by atoms with van der Waals surface area (Å²) in [4.78, 5) is 22.1. The number of amides is 1. The Morgan fingerprint density at radius 1 is 1.38 bits per heavy atom. The molecule has 1 aliphatic heterocycles. The number of hydrogen-bond donors (Lipinski definition) is 0. The lowest BCUT2D eigenvalue weighted by Gasteiger charge is -2.37. The number of carbonyl (C=O) groups excluding carboxylic acids is 1. The molecule has 0 saturated heterocycles. The van der Waals surface area contributed by atoms with E-state index < -0.39 is 0 Å². The second kappa shape index (κ2) is 8.72. The Kier molecular flexibility index (Phi) is 6.64. The summed E-state index contributed by atoms with van der Waals surface area (Å²) in [6.07, 6.45) is 3.85. The van der Waals surface area contributed by atoms with Crippen LogP contribution in [0.25, 0.3) is 5.70 Å². The molecule has 0 N–H and O–H groups in total. The van der Waals surface area contributed by atoms with Gasteiger partial charge in [0.1, 0.15) is 0 Å². The van der Waals surface area contributed by atoms with Crippen LogP contribution < -0.4 is 0 Å². The molecule has 6 heteroatoms. The molecule has 0 unspecified atom stereocenters. The van der Waals surface area contributed by atoms with Crippen LogP contribution >= 0.6 is 11.6 Å². The van der Waals surface area contributed by atoms with Crippen LogP contribution in [0.5, 0.6) is 0 Å². The van der Waals surface area contributed by atoms with Gasteiger partial charge in [-0.2, -0.15) is 0 Å². The summed E-state index contributed by atoms with van der Waals surface area (Å²) in [7, 11) is 1.81. The molecule has 5 nitrogen and oxygen atoms in total. The van der Waals surface area contributed by atoms with Gasteiger partial charge in [0.25, 0.3) is 0 Å². The average molecular weight is 373 g/mol. The third-order valence-corrected chi connectivity index (χ3v) is 4.63. The molecule has 0 radical (unpaired) electrons. The first-order chi connectivity index (χ1) is 12.3. The van der Waals surface area contributed by atoms with Gasteiger partial charge in [0, 0.05) is 41.8 Å².